The third-order valence-corrected chi connectivity index (χ3v) is 7.21. The van der Waals surface area contributed by atoms with Gasteiger partial charge in [0.25, 0.3) is 0 Å². The zero-order chi connectivity index (χ0) is 17.0. The fraction of sp³-hybridized carbons (Fsp3) is 0.444. The number of nitrogens with zero attached hydrogens (tertiary/aromatic N) is 1. The third-order valence-electron chi connectivity index (χ3n) is 4.30. The second-order valence-corrected chi connectivity index (χ2v) is 9.53. The highest BCUT2D eigenvalue weighted by Crippen LogP contribution is 2.21. The van der Waals surface area contributed by atoms with Gasteiger partial charge in [0.1, 0.15) is 0 Å². The van der Waals surface area contributed by atoms with E-state index in [-0.39, 0.29) is 0 Å². The number of rotatable bonds is 6. The van der Waals surface area contributed by atoms with Crippen LogP contribution in [0.1, 0.15) is 34.6 Å². The van der Waals surface area contributed by atoms with Crippen LogP contribution < -0.4 is 5.32 Å². The minimum absolute atomic E-state index is 0.405. The summed E-state index contributed by atoms with van der Waals surface area (Å²) in [6.45, 7) is 4.97. The predicted molar refractivity (Wildman–Crippen MR) is 98.7 cm³/mol. The highest BCUT2D eigenvalue weighted by Gasteiger charge is 2.25. The highest BCUT2D eigenvalue weighted by atomic mass is 32.2. The Morgan fingerprint density at radius 3 is 2.33 bits per heavy atom. The number of nitrogens with one attached hydrogen (secondary N) is 1. The molecule has 1 aliphatic rings. The molecule has 3 rings (SSSR count). The summed E-state index contributed by atoms with van der Waals surface area (Å²) >= 11 is 1.80. The van der Waals surface area contributed by atoms with E-state index in [1.165, 1.54) is 9.75 Å². The van der Waals surface area contributed by atoms with Crippen molar-refractivity contribution in [3.8, 4) is 0 Å². The Hall–Kier alpha value is -1.21. The molecule has 1 aromatic heterocycles. The molecule has 0 radical (unpaired) electrons. The molecule has 1 aliphatic heterocycles. The molecule has 130 valence electrons. The number of aryl methyl sites for hydroxylation is 1. The zero-order valence-electron chi connectivity index (χ0n) is 14.0. The maximum Gasteiger partial charge on any atom is 0.243 e. The van der Waals surface area contributed by atoms with Gasteiger partial charge in [0, 0.05) is 35.9 Å². The lowest BCUT2D eigenvalue weighted by Gasteiger charge is -2.25. The summed E-state index contributed by atoms with van der Waals surface area (Å²) in [4.78, 5) is 3.04. The van der Waals surface area contributed by atoms with Crippen LogP contribution in [0.3, 0.4) is 0 Å². The predicted octanol–water partition coefficient (Wildman–Crippen LogP) is 3.52. The molecule has 0 bridgehead atoms. The quantitative estimate of drug-likeness (QED) is 0.853. The van der Waals surface area contributed by atoms with Crippen LogP contribution in [0.5, 0.6) is 0 Å². The van der Waals surface area contributed by atoms with Crippen molar-refractivity contribution >= 4 is 21.4 Å². The molecule has 0 spiro atoms. The molecule has 0 aliphatic carbocycles. The van der Waals surface area contributed by atoms with E-state index in [2.05, 4.69) is 24.4 Å². The van der Waals surface area contributed by atoms with Crippen LogP contribution in [-0.4, -0.2) is 25.8 Å². The third kappa shape index (κ3) is 4.25. The molecule has 1 aromatic carbocycles. The molecule has 24 heavy (non-hydrogen) atoms. The molecule has 6 heteroatoms. The van der Waals surface area contributed by atoms with E-state index in [9.17, 15) is 8.42 Å². The molecule has 0 saturated carbocycles. The van der Waals surface area contributed by atoms with Gasteiger partial charge in [0.15, 0.2) is 0 Å². The van der Waals surface area contributed by atoms with Crippen LogP contribution in [0.2, 0.25) is 0 Å². The molecule has 2 heterocycles. The average Bonchev–Trinajstić information content (AvgIpc) is 3.01. The zero-order valence-corrected chi connectivity index (χ0v) is 15.6. The first kappa shape index (κ1) is 17.6. The molecular weight excluding hydrogens is 340 g/mol. The van der Waals surface area contributed by atoms with Gasteiger partial charge in [0.05, 0.1) is 4.90 Å². The summed E-state index contributed by atoms with van der Waals surface area (Å²) in [6.07, 6.45) is 3.05. The van der Waals surface area contributed by atoms with Crippen LogP contribution in [0.15, 0.2) is 41.3 Å². The maximum atomic E-state index is 12.6. The number of sulfonamides is 1. The molecule has 0 unspecified atom stereocenters. The van der Waals surface area contributed by atoms with Crippen LogP contribution in [0.25, 0.3) is 0 Å². The lowest BCUT2D eigenvalue weighted by molar-refractivity contribution is 0.346. The summed E-state index contributed by atoms with van der Waals surface area (Å²) < 4.78 is 26.8. The van der Waals surface area contributed by atoms with Crippen molar-refractivity contribution in [1.82, 2.24) is 9.62 Å². The smallest absolute Gasteiger partial charge is 0.243 e. The average molecular weight is 365 g/mol. The fourth-order valence-electron chi connectivity index (χ4n) is 2.94. The molecule has 0 amide bonds. The van der Waals surface area contributed by atoms with Gasteiger partial charge >= 0.3 is 0 Å². The first-order chi connectivity index (χ1) is 11.6. The Labute approximate surface area is 148 Å². The maximum absolute atomic E-state index is 12.6. The van der Waals surface area contributed by atoms with Crippen LogP contribution in [-0.2, 0) is 23.1 Å². The molecule has 1 saturated heterocycles. The second kappa shape index (κ2) is 7.78. The lowest BCUT2D eigenvalue weighted by Crippen LogP contribution is -2.35. The first-order valence-electron chi connectivity index (χ1n) is 8.41. The Morgan fingerprint density at radius 2 is 1.71 bits per heavy atom. The monoisotopic (exact) mass is 364 g/mol. The van der Waals surface area contributed by atoms with Gasteiger partial charge in [-0.3, -0.25) is 0 Å². The Kier molecular flexibility index (Phi) is 5.71. The van der Waals surface area contributed by atoms with Crippen molar-refractivity contribution in [2.45, 2.75) is 44.2 Å². The van der Waals surface area contributed by atoms with Gasteiger partial charge in [0.2, 0.25) is 10.0 Å². The van der Waals surface area contributed by atoms with Gasteiger partial charge in [-0.1, -0.05) is 18.6 Å². The molecule has 0 atom stereocenters. The van der Waals surface area contributed by atoms with Crippen molar-refractivity contribution in [3.63, 3.8) is 0 Å². The summed E-state index contributed by atoms with van der Waals surface area (Å²) in [5.41, 5.74) is 1.10. The van der Waals surface area contributed by atoms with Crippen molar-refractivity contribution in [2.24, 2.45) is 0 Å². The first-order valence-corrected chi connectivity index (χ1v) is 10.7. The van der Waals surface area contributed by atoms with Gasteiger partial charge < -0.3 is 5.32 Å². The normalized spacial score (nSPS) is 16.4. The molecular formula is C18H24N2O2S2. The van der Waals surface area contributed by atoms with E-state index in [4.69, 9.17) is 0 Å². The summed E-state index contributed by atoms with van der Waals surface area (Å²) in [5, 5.41) is 3.40. The standard InChI is InChI=1S/C18H24N2O2S2/c1-15-5-8-17(23-15)14-19-13-16-6-9-18(10-7-16)24(21,22)20-11-3-2-4-12-20/h5-10,19H,2-4,11-14H2,1H3. The Morgan fingerprint density at radius 1 is 1.00 bits per heavy atom. The summed E-state index contributed by atoms with van der Waals surface area (Å²) in [6, 6.07) is 11.5. The number of thiophene rings is 1. The largest absolute Gasteiger partial charge is 0.308 e. The molecule has 4 nitrogen and oxygen atoms in total. The van der Waals surface area contributed by atoms with E-state index >= 15 is 0 Å². The minimum Gasteiger partial charge on any atom is -0.308 e. The van der Waals surface area contributed by atoms with E-state index < -0.39 is 10.0 Å². The number of piperidine rings is 1. The SMILES string of the molecule is Cc1ccc(CNCc2ccc(S(=O)(=O)N3CCCCC3)cc2)s1. The molecule has 1 N–H and O–H groups in total. The lowest BCUT2D eigenvalue weighted by atomic mass is 10.2. The highest BCUT2D eigenvalue weighted by molar-refractivity contribution is 7.89. The number of hydrogen-bond donors (Lipinski definition) is 1. The second-order valence-electron chi connectivity index (χ2n) is 6.22. The van der Waals surface area contributed by atoms with Gasteiger partial charge in [-0.15, -0.1) is 11.3 Å². The van der Waals surface area contributed by atoms with Gasteiger partial charge in [-0.2, -0.15) is 4.31 Å². The van der Waals surface area contributed by atoms with Gasteiger partial charge in [-0.25, -0.2) is 8.42 Å². The van der Waals surface area contributed by atoms with E-state index in [0.29, 0.717) is 18.0 Å². The number of hydrogen-bond acceptors (Lipinski definition) is 4. The van der Waals surface area contributed by atoms with Crippen molar-refractivity contribution in [3.05, 3.63) is 51.7 Å². The van der Waals surface area contributed by atoms with Gasteiger partial charge in [-0.05, 0) is 49.6 Å². The number of benzene rings is 1. The van der Waals surface area contributed by atoms with Crippen LogP contribution >= 0.6 is 11.3 Å². The fourth-order valence-corrected chi connectivity index (χ4v) is 5.32. The topological polar surface area (TPSA) is 49.4 Å². The molecule has 1 fully saturated rings. The van der Waals surface area contributed by atoms with Crippen LogP contribution in [0, 0.1) is 6.92 Å². The van der Waals surface area contributed by atoms with E-state index in [1.807, 2.05) is 12.1 Å². The van der Waals surface area contributed by atoms with Crippen molar-refractivity contribution < 1.29 is 8.42 Å². The molecule has 2 aromatic rings. The summed E-state index contributed by atoms with van der Waals surface area (Å²) in [7, 11) is -3.32. The Balaban J connectivity index is 1.58. The minimum atomic E-state index is -3.32. The van der Waals surface area contributed by atoms with Crippen molar-refractivity contribution in [2.75, 3.05) is 13.1 Å². The Bertz CT molecular complexity index is 761. The van der Waals surface area contributed by atoms with Crippen LogP contribution in [0.4, 0.5) is 0 Å². The van der Waals surface area contributed by atoms with E-state index in [0.717, 1.165) is 37.9 Å². The summed E-state index contributed by atoms with van der Waals surface area (Å²) in [5.74, 6) is 0. The van der Waals surface area contributed by atoms with Crippen molar-refractivity contribution in [1.29, 1.82) is 0 Å². The van der Waals surface area contributed by atoms with E-state index in [1.54, 1.807) is 27.8 Å².